The van der Waals surface area contributed by atoms with Gasteiger partial charge in [0.2, 0.25) is 5.91 Å². The molecule has 1 amide bonds. The lowest BCUT2D eigenvalue weighted by Crippen LogP contribution is -2.44. The number of hydrogen-bond acceptors (Lipinski definition) is 5. The van der Waals surface area contributed by atoms with Gasteiger partial charge in [0.1, 0.15) is 6.54 Å². The number of aromatic nitrogens is 3. The summed E-state index contributed by atoms with van der Waals surface area (Å²) in [5, 5.41) is 10.4. The summed E-state index contributed by atoms with van der Waals surface area (Å²) in [5.74, 6) is 0.0484. The van der Waals surface area contributed by atoms with Crippen molar-refractivity contribution in [3.05, 3.63) is 12.4 Å². The van der Waals surface area contributed by atoms with Gasteiger partial charge >= 0.3 is 0 Å². The Morgan fingerprint density at radius 2 is 2.09 bits per heavy atom. The fourth-order valence-electron chi connectivity index (χ4n) is 2.87. The Bertz CT molecular complexity index is 468. The summed E-state index contributed by atoms with van der Waals surface area (Å²) in [7, 11) is 0. The molecule has 122 valence electrons. The molecule has 1 fully saturated rings. The van der Waals surface area contributed by atoms with Crippen LogP contribution in [0.1, 0.15) is 44.9 Å². The van der Waals surface area contributed by atoms with E-state index in [0.29, 0.717) is 13.0 Å². The molecule has 7 heteroatoms. The number of amides is 1. The van der Waals surface area contributed by atoms with Crippen molar-refractivity contribution in [1.29, 1.82) is 0 Å². The van der Waals surface area contributed by atoms with Crippen molar-refractivity contribution in [3.8, 4) is 0 Å². The van der Waals surface area contributed by atoms with E-state index in [1.165, 1.54) is 10.9 Å². The van der Waals surface area contributed by atoms with Crippen LogP contribution in [0.4, 0.5) is 0 Å². The van der Waals surface area contributed by atoms with Gasteiger partial charge < -0.3 is 11.1 Å². The molecule has 0 radical (unpaired) electrons. The highest BCUT2D eigenvalue weighted by molar-refractivity contribution is 5.89. The van der Waals surface area contributed by atoms with Gasteiger partial charge in [-0.25, -0.2) is 4.68 Å². The molecule has 1 saturated carbocycles. The van der Waals surface area contributed by atoms with Gasteiger partial charge in [-0.05, 0) is 38.6 Å². The molecule has 1 aliphatic rings. The third kappa shape index (κ3) is 4.91. The monoisotopic (exact) mass is 307 g/mol. The van der Waals surface area contributed by atoms with Crippen molar-refractivity contribution in [1.82, 2.24) is 20.3 Å². The van der Waals surface area contributed by atoms with E-state index >= 15 is 0 Å². The quantitative estimate of drug-likeness (QED) is 0.652. The van der Waals surface area contributed by atoms with Gasteiger partial charge in [-0.15, -0.1) is 5.10 Å². The van der Waals surface area contributed by atoms with Crippen molar-refractivity contribution in [2.45, 2.75) is 57.5 Å². The van der Waals surface area contributed by atoms with Gasteiger partial charge in [0, 0.05) is 12.1 Å². The normalized spacial score (nSPS) is 16.6. The average Bonchev–Trinajstić information content (AvgIpc) is 3.19. The number of rotatable bonds is 9. The molecule has 1 unspecified atom stereocenters. The molecule has 0 aromatic carbocycles. The third-order valence-electron chi connectivity index (χ3n) is 4.17. The number of nitrogens with one attached hydrogen (secondary N) is 1. The van der Waals surface area contributed by atoms with Gasteiger partial charge in [-0.2, -0.15) is 0 Å². The Morgan fingerprint density at radius 3 is 2.73 bits per heavy atom. The SMILES string of the molecule is NCCCCC(NC(=O)C1CCCC1)C(=O)Cn1ccnn1. The molecule has 1 aromatic rings. The minimum atomic E-state index is -0.455. The fraction of sp³-hybridized carbons (Fsp3) is 0.733. The maximum absolute atomic E-state index is 12.4. The molecule has 0 saturated heterocycles. The van der Waals surface area contributed by atoms with E-state index in [-0.39, 0.29) is 24.2 Å². The van der Waals surface area contributed by atoms with Gasteiger partial charge in [0.05, 0.1) is 12.2 Å². The van der Waals surface area contributed by atoms with Crippen molar-refractivity contribution in [2.24, 2.45) is 11.7 Å². The van der Waals surface area contributed by atoms with Gasteiger partial charge in [0.15, 0.2) is 5.78 Å². The maximum atomic E-state index is 12.4. The van der Waals surface area contributed by atoms with E-state index in [2.05, 4.69) is 15.6 Å². The molecule has 7 nitrogen and oxygen atoms in total. The molecule has 1 aliphatic carbocycles. The second-order valence-corrected chi connectivity index (χ2v) is 5.89. The van der Waals surface area contributed by atoms with Crippen LogP contribution in [-0.4, -0.2) is 39.3 Å². The molecule has 1 heterocycles. The van der Waals surface area contributed by atoms with E-state index in [1.807, 2.05) is 0 Å². The lowest BCUT2D eigenvalue weighted by atomic mass is 10.0. The molecular formula is C15H25N5O2. The Hall–Kier alpha value is -1.76. The summed E-state index contributed by atoms with van der Waals surface area (Å²) in [6.07, 6.45) is 9.55. The maximum Gasteiger partial charge on any atom is 0.223 e. The van der Waals surface area contributed by atoms with Crippen LogP contribution in [0.25, 0.3) is 0 Å². The van der Waals surface area contributed by atoms with E-state index < -0.39 is 6.04 Å². The first-order valence-electron chi connectivity index (χ1n) is 8.08. The van der Waals surface area contributed by atoms with Crippen molar-refractivity contribution < 1.29 is 9.59 Å². The van der Waals surface area contributed by atoms with Crippen LogP contribution in [0.15, 0.2) is 12.4 Å². The van der Waals surface area contributed by atoms with E-state index in [9.17, 15) is 9.59 Å². The highest BCUT2D eigenvalue weighted by Gasteiger charge is 2.27. The first-order chi connectivity index (χ1) is 10.7. The van der Waals surface area contributed by atoms with E-state index in [4.69, 9.17) is 5.73 Å². The zero-order valence-corrected chi connectivity index (χ0v) is 12.9. The summed E-state index contributed by atoms with van der Waals surface area (Å²) >= 11 is 0. The van der Waals surface area contributed by atoms with Crippen molar-refractivity contribution in [2.75, 3.05) is 6.54 Å². The smallest absolute Gasteiger partial charge is 0.223 e. The lowest BCUT2D eigenvalue weighted by Gasteiger charge is -2.20. The number of carbonyl (C=O) groups is 2. The average molecular weight is 307 g/mol. The van der Waals surface area contributed by atoms with Crippen LogP contribution in [0, 0.1) is 5.92 Å². The van der Waals surface area contributed by atoms with Gasteiger partial charge in [-0.1, -0.05) is 18.1 Å². The Labute approximate surface area is 130 Å². The van der Waals surface area contributed by atoms with Crippen LogP contribution >= 0.6 is 0 Å². The number of nitrogens with zero attached hydrogens (tertiary/aromatic N) is 3. The predicted molar refractivity (Wildman–Crippen MR) is 81.8 cm³/mol. The number of Topliss-reactive ketones (excluding diaryl/α,β-unsaturated/α-hetero) is 1. The highest BCUT2D eigenvalue weighted by atomic mass is 16.2. The summed E-state index contributed by atoms with van der Waals surface area (Å²) in [6, 6.07) is -0.455. The molecule has 0 aliphatic heterocycles. The molecule has 22 heavy (non-hydrogen) atoms. The zero-order valence-electron chi connectivity index (χ0n) is 12.9. The van der Waals surface area contributed by atoms with Crippen LogP contribution in [0.3, 0.4) is 0 Å². The topological polar surface area (TPSA) is 103 Å². The van der Waals surface area contributed by atoms with Crippen molar-refractivity contribution >= 4 is 11.7 Å². The second-order valence-electron chi connectivity index (χ2n) is 5.89. The second kappa shape index (κ2) is 8.63. The fourth-order valence-corrected chi connectivity index (χ4v) is 2.87. The molecule has 1 aromatic heterocycles. The molecule has 0 spiro atoms. The summed E-state index contributed by atoms with van der Waals surface area (Å²) in [6.45, 7) is 0.735. The number of ketones is 1. The standard InChI is InChI=1S/C15H25N5O2/c16-8-4-3-7-13(14(21)11-20-10-9-17-19-20)18-15(22)12-5-1-2-6-12/h9-10,12-13H,1-8,11,16H2,(H,18,22). The first kappa shape index (κ1) is 16.6. The first-order valence-corrected chi connectivity index (χ1v) is 8.08. The summed E-state index contributed by atoms with van der Waals surface area (Å²) < 4.78 is 1.49. The van der Waals surface area contributed by atoms with Gasteiger partial charge in [-0.3, -0.25) is 9.59 Å². The summed E-state index contributed by atoms with van der Waals surface area (Å²) in [4.78, 5) is 24.7. The van der Waals surface area contributed by atoms with E-state index in [0.717, 1.165) is 38.5 Å². The van der Waals surface area contributed by atoms with Crippen LogP contribution < -0.4 is 11.1 Å². The largest absolute Gasteiger partial charge is 0.346 e. The number of carbonyl (C=O) groups excluding carboxylic acids is 2. The highest BCUT2D eigenvalue weighted by Crippen LogP contribution is 2.25. The molecule has 1 atom stereocenters. The van der Waals surface area contributed by atoms with Crippen LogP contribution in [0.5, 0.6) is 0 Å². The lowest BCUT2D eigenvalue weighted by molar-refractivity contribution is -0.130. The Morgan fingerprint density at radius 1 is 1.32 bits per heavy atom. The van der Waals surface area contributed by atoms with Gasteiger partial charge in [0.25, 0.3) is 0 Å². The van der Waals surface area contributed by atoms with Crippen molar-refractivity contribution in [3.63, 3.8) is 0 Å². The van der Waals surface area contributed by atoms with Crippen LogP contribution in [-0.2, 0) is 16.1 Å². The molecule has 0 bridgehead atoms. The molecular weight excluding hydrogens is 282 g/mol. The predicted octanol–water partition coefficient (Wildman–Crippen LogP) is 0.651. The number of unbranched alkanes of at least 4 members (excludes halogenated alkanes) is 1. The van der Waals surface area contributed by atoms with Crippen LogP contribution in [0.2, 0.25) is 0 Å². The molecule has 3 N–H and O–H groups in total. The zero-order chi connectivity index (χ0) is 15.8. The number of hydrogen-bond donors (Lipinski definition) is 2. The number of nitrogens with two attached hydrogens (primary N) is 1. The minimum Gasteiger partial charge on any atom is -0.346 e. The third-order valence-corrected chi connectivity index (χ3v) is 4.17. The van der Waals surface area contributed by atoms with E-state index in [1.54, 1.807) is 6.20 Å². The summed E-state index contributed by atoms with van der Waals surface area (Å²) in [5.41, 5.74) is 5.51. The Kier molecular flexibility index (Phi) is 6.51. The Balaban J connectivity index is 1.91. The molecule has 2 rings (SSSR count). The minimum absolute atomic E-state index is 0.0159.